The summed E-state index contributed by atoms with van der Waals surface area (Å²) >= 11 is 3.00. The first-order valence-electron chi connectivity index (χ1n) is 7.66. The number of amides is 2. The number of rotatable bonds is 4. The second-order valence-corrected chi connectivity index (χ2v) is 7.84. The maximum absolute atomic E-state index is 11.9. The van der Waals surface area contributed by atoms with E-state index >= 15 is 0 Å². The summed E-state index contributed by atoms with van der Waals surface area (Å²) in [6, 6.07) is -0.276. The van der Waals surface area contributed by atoms with Gasteiger partial charge in [-0.15, -0.1) is 22.7 Å². The molecule has 0 unspecified atom stereocenters. The maximum Gasteiger partial charge on any atom is 0.321 e. The molecule has 1 aliphatic rings. The van der Waals surface area contributed by atoms with E-state index in [9.17, 15) is 9.90 Å². The normalized spacial score (nSPS) is 20.7. The highest BCUT2D eigenvalue weighted by Gasteiger charge is 2.25. The van der Waals surface area contributed by atoms with Crippen LogP contribution in [0.5, 0.6) is 0 Å². The summed E-state index contributed by atoms with van der Waals surface area (Å²) < 4.78 is 0. The molecule has 1 fully saturated rings. The summed E-state index contributed by atoms with van der Waals surface area (Å²) in [5.74, 6) is 0.162. The number of aliphatic hydroxyl groups excluding tert-OH is 1. The van der Waals surface area contributed by atoms with Crippen LogP contribution in [0.3, 0.4) is 0 Å². The third-order valence-corrected chi connectivity index (χ3v) is 5.86. The van der Waals surface area contributed by atoms with Crippen molar-refractivity contribution in [3.05, 3.63) is 16.1 Å². The summed E-state index contributed by atoms with van der Waals surface area (Å²) in [6.07, 6.45) is 2.53. The minimum atomic E-state index is -0.292. The van der Waals surface area contributed by atoms with Crippen LogP contribution in [0.15, 0.2) is 5.38 Å². The molecule has 2 amide bonds. The molecule has 124 valence electrons. The number of carbonyl (C=O) groups is 1. The first-order valence-corrected chi connectivity index (χ1v) is 9.35. The van der Waals surface area contributed by atoms with E-state index in [1.54, 1.807) is 11.3 Å². The second-order valence-electron chi connectivity index (χ2n) is 5.78. The number of nitrogens with zero attached hydrogens (tertiary/aromatic N) is 2. The van der Waals surface area contributed by atoms with E-state index in [2.05, 4.69) is 20.6 Å². The van der Waals surface area contributed by atoms with Gasteiger partial charge < -0.3 is 10.4 Å². The fourth-order valence-electron chi connectivity index (χ4n) is 2.82. The molecule has 0 bridgehead atoms. The van der Waals surface area contributed by atoms with Crippen molar-refractivity contribution < 1.29 is 9.90 Å². The van der Waals surface area contributed by atoms with Crippen LogP contribution < -0.4 is 10.6 Å². The molecule has 0 saturated heterocycles. The largest absolute Gasteiger partial charge is 0.393 e. The van der Waals surface area contributed by atoms with Gasteiger partial charge in [0.1, 0.15) is 0 Å². The van der Waals surface area contributed by atoms with Gasteiger partial charge in [0.2, 0.25) is 0 Å². The Morgan fingerprint density at radius 3 is 2.87 bits per heavy atom. The Kier molecular flexibility index (Phi) is 4.93. The Bertz CT molecular complexity index is 697. The van der Waals surface area contributed by atoms with E-state index in [0.717, 1.165) is 40.5 Å². The van der Waals surface area contributed by atoms with Crippen molar-refractivity contribution >= 4 is 33.8 Å². The first-order chi connectivity index (χ1) is 11.0. The van der Waals surface area contributed by atoms with Gasteiger partial charge in [0, 0.05) is 17.8 Å². The zero-order chi connectivity index (χ0) is 16.4. The van der Waals surface area contributed by atoms with Crippen molar-refractivity contribution in [2.45, 2.75) is 39.2 Å². The molecule has 23 heavy (non-hydrogen) atoms. The highest BCUT2D eigenvalue weighted by molar-refractivity contribution is 7.16. The van der Waals surface area contributed by atoms with Gasteiger partial charge in [-0.25, -0.2) is 14.8 Å². The molecular formula is C15H20N4O2S2. The van der Waals surface area contributed by atoms with Crippen LogP contribution in [-0.4, -0.2) is 33.8 Å². The molecular weight excluding hydrogens is 332 g/mol. The predicted octanol–water partition coefficient (Wildman–Crippen LogP) is 3.17. The van der Waals surface area contributed by atoms with Crippen molar-refractivity contribution in [2.24, 2.45) is 5.92 Å². The number of nitrogens with one attached hydrogen (secondary N) is 2. The van der Waals surface area contributed by atoms with Crippen LogP contribution in [-0.2, 0) is 0 Å². The number of aromatic nitrogens is 2. The molecule has 2 atom stereocenters. The van der Waals surface area contributed by atoms with Gasteiger partial charge in [-0.2, -0.15) is 0 Å². The number of hydrogen-bond donors (Lipinski definition) is 3. The van der Waals surface area contributed by atoms with Gasteiger partial charge in [-0.3, -0.25) is 5.32 Å². The SMILES string of the molecule is Cc1nc(C)c(-c2csc(NC(=O)NC[C@@H]3CCC[C@H]3O)n2)s1. The van der Waals surface area contributed by atoms with E-state index in [0.29, 0.717) is 11.7 Å². The van der Waals surface area contributed by atoms with Crippen molar-refractivity contribution in [3.8, 4) is 10.6 Å². The smallest absolute Gasteiger partial charge is 0.321 e. The average Bonchev–Trinajstić information content (AvgIpc) is 3.18. The molecule has 3 rings (SSSR count). The Labute approximate surface area is 143 Å². The molecule has 0 aliphatic heterocycles. The molecule has 1 aliphatic carbocycles. The fraction of sp³-hybridized carbons (Fsp3) is 0.533. The lowest BCUT2D eigenvalue weighted by molar-refractivity contribution is 0.133. The van der Waals surface area contributed by atoms with E-state index in [1.807, 2.05) is 19.2 Å². The lowest BCUT2D eigenvalue weighted by atomic mass is 10.1. The van der Waals surface area contributed by atoms with Crippen LogP contribution in [0, 0.1) is 19.8 Å². The average molecular weight is 352 g/mol. The molecule has 0 spiro atoms. The summed E-state index contributed by atoms with van der Waals surface area (Å²) in [5, 5.41) is 18.8. The monoisotopic (exact) mass is 352 g/mol. The van der Waals surface area contributed by atoms with E-state index in [4.69, 9.17) is 0 Å². The third-order valence-electron chi connectivity index (χ3n) is 4.00. The minimum Gasteiger partial charge on any atom is -0.393 e. The standard InChI is InChI=1S/C15H20N4O2S2/c1-8-13(23-9(2)17-8)11-7-22-15(18-11)19-14(21)16-6-10-4-3-5-12(10)20/h7,10,12,20H,3-6H2,1-2H3,(H2,16,18,19,21)/t10-,12+/m0/s1. The number of anilines is 1. The van der Waals surface area contributed by atoms with E-state index in [-0.39, 0.29) is 18.1 Å². The molecule has 2 aromatic heterocycles. The van der Waals surface area contributed by atoms with Crippen LogP contribution in [0.1, 0.15) is 30.0 Å². The molecule has 6 nitrogen and oxygen atoms in total. The highest BCUT2D eigenvalue weighted by Crippen LogP contribution is 2.32. The van der Waals surface area contributed by atoms with Gasteiger partial charge in [-0.05, 0) is 26.7 Å². The summed E-state index contributed by atoms with van der Waals surface area (Å²) in [7, 11) is 0. The van der Waals surface area contributed by atoms with E-state index in [1.165, 1.54) is 11.3 Å². The summed E-state index contributed by atoms with van der Waals surface area (Å²) in [4.78, 5) is 21.8. The summed E-state index contributed by atoms with van der Waals surface area (Å²) in [5.41, 5.74) is 1.81. The lowest BCUT2D eigenvalue weighted by Gasteiger charge is -2.14. The van der Waals surface area contributed by atoms with Crippen molar-refractivity contribution in [3.63, 3.8) is 0 Å². The van der Waals surface area contributed by atoms with Gasteiger partial charge in [0.15, 0.2) is 5.13 Å². The lowest BCUT2D eigenvalue weighted by Crippen LogP contribution is -2.35. The highest BCUT2D eigenvalue weighted by atomic mass is 32.1. The quantitative estimate of drug-likeness (QED) is 0.789. The summed E-state index contributed by atoms with van der Waals surface area (Å²) in [6.45, 7) is 4.43. The van der Waals surface area contributed by atoms with Crippen molar-refractivity contribution in [1.82, 2.24) is 15.3 Å². The number of thiazole rings is 2. The number of carbonyl (C=O) groups excluding carboxylic acids is 1. The molecule has 2 heterocycles. The van der Waals surface area contributed by atoms with Crippen LogP contribution >= 0.6 is 22.7 Å². The zero-order valence-corrected chi connectivity index (χ0v) is 14.8. The van der Waals surface area contributed by atoms with E-state index < -0.39 is 0 Å². The topological polar surface area (TPSA) is 87.1 Å². The molecule has 8 heteroatoms. The first kappa shape index (κ1) is 16.4. The molecule has 0 radical (unpaired) electrons. The second kappa shape index (κ2) is 6.94. The molecule has 1 saturated carbocycles. The fourth-order valence-corrected chi connectivity index (χ4v) is 4.48. The maximum atomic E-state index is 11.9. The Morgan fingerprint density at radius 2 is 2.22 bits per heavy atom. The number of urea groups is 1. The Morgan fingerprint density at radius 1 is 1.39 bits per heavy atom. The minimum absolute atomic E-state index is 0.162. The van der Waals surface area contributed by atoms with Gasteiger partial charge in [0.05, 0.1) is 27.4 Å². The van der Waals surface area contributed by atoms with Crippen molar-refractivity contribution in [2.75, 3.05) is 11.9 Å². The number of hydrogen-bond acceptors (Lipinski definition) is 6. The van der Waals surface area contributed by atoms with Gasteiger partial charge in [-0.1, -0.05) is 6.42 Å². The van der Waals surface area contributed by atoms with Crippen LogP contribution in [0.2, 0.25) is 0 Å². The predicted molar refractivity (Wildman–Crippen MR) is 93.1 cm³/mol. The van der Waals surface area contributed by atoms with Crippen molar-refractivity contribution in [1.29, 1.82) is 0 Å². The molecule has 2 aromatic rings. The molecule has 0 aromatic carbocycles. The van der Waals surface area contributed by atoms with Gasteiger partial charge >= 0.3 is 6.03 Å². The third kappa shape index (κ3) is 3.88. The van der Waals surface area contributed by atoms with Gasteiger partial charge in [0.25, 0.3) is 0 Å². The number of aryl methyl sites for hydroxylation is 2. The van der Waals surface area contributed by atoms with Crippen LogP contribution in [0.4, 0.5) is 9.93 Å². The zero-order valence-electron chi connectivity index (χ0n) is 13.1. The molecule has 3 N–H and O–H groups in total. The van der Waals surface area contributed by atoms with Crippen LogP contribution in [0.25, 0.3) is 10.6 Å². The Balaban J connectivity index is 1.56. The Hall–Kier alpha value is -1.51. The number of aliphatic hydroxyl groups is 1.